The summed E-state index contributed by atoms with van der Waals surface area (Å²) < 4.78 is 0.742. The fourth-order valence-corrected chi connectivity index (χ4v) is 2.09. The van der Waals surface area contributed by atoms with Crippen LogP contribution < -0.4 is 5.11 Å². The Hall–Kier alpha value is -1.60. The van der Waals surface area contributed by atoms with Crippen LogP contribution in [-0.2, 0) is 0 Å². The number of carbonyl (C=O) groups is 1. The van der Waals surface area contributed by atoms with Crippen molar-refractivity contribution < 1.29 is 18.9 Å². The van der Waals surface area contributed by atoms with E-state index in [-0.39, 0.29) is 11.6 Å². The maximum absolute atomic E-state index is 10.7. The van der Waals surface area contributed by atoms with Crippen molar-refractivity contribution >= 4 is 18.8 Å². The molecule has 1 aliphatic rings. The summed E-state index contributed by atoms with van der Waals surface area (Å²) in [5.74, 6) is -1.62. The minimum Gasteiger partial charge on any atom is -0.872 e. The molecule has 20 heavy (non-hydrogen) atoms. The van der Waals surface area contributed by atoms with E-state index in [4.69, 9.17) is 5.11 Å². The van der Waals surface area contributed by atoms with Crippen LogP contribution in [0.2, 0.25) is 0 Å². The lowest BCUT2D eigenvalue weighted by atomic mass is 10.1. The zero-order chi connectivity index (χ0) is 15.2. The molecule has 1 aromatic carbocycles. The third kappa shape index (κ3) is 5.18. The van der Waals surface area contributed by atoms with Crippen LogP contribution in [0.25, 0.3) is 0 Å². The SMILES string of the molecule is C[N+]1(S)CCC(N=O)CC1.O=C(O)c1ccccc1[O-]. The van der Waals surface area contributed by atoms with Gasteiger partial charge in [-0.2, -0.15) is 4.91 Å². The van der Waals surface area contributed by atoms with E-state index in [0.29, 0.717) is 0 Å². The van der Waals surface area contributed by atoms with Gasteiger partial charge >= 0.3 is 5.97 Å². The molecule has 7 heteroatoms. The number of piperidine rings is 1. The minimum absolute atomic E-state index is 0.0540. The molecule has 0 saturated carbocycles. The molecule has 1 saturated heterocycles. The van der Waals surface area contributed by atoms with E-state index in [1.807, 2.05) is 0 Å². The summed E-state index contributed by atoms with van der Waals surface area (Å²) in [5.41, 5.74) is -0.178. The van der Waals surface area contributed by atoms with Gasteiger partial charge in [0.05, 0.1) is 38.5 Å². The number of carboxylic acid groups (broad SMARTS) is 1. The van der Waals surface area contributed by atoms with E-state index in [1.165, 1.54) is 24.3 Å². The number of hydrogen-bond donors (Lipinski definition) is 2. The molecule has 0 unspecified atom stereocenters. The Kier molecular flexibility index (Phi) is 5.97. The first-order chi connectivity index (χ1) is 9.35. The van der Waals surface area contributed by atoms with E-state index >= 15 is 0 Å². The zero-order valence-corrected chi connectivity index (χ0v) is 12.1. The van der Waals surface area contributed by atoms with Gasteiger partial charge in [0.15, 0.2) is 0 Å². The normalized spacial score (nSPS) is 25.2. The lowest BCUT2D eigenvalue weighted by Gasteiger charge is -2.32. The van der Waals surface area contributed by atoms with Gasteiger partial charge in [0.25, 0.3) is 0 Å². The molecular formula is C13H18N2O4S. The predicted octanol–water partition coefficient (Wildman–Crippen LogP) is 1.66. The highest BCUT2D eigenvalue weighted by atomic mass is 32.1. The van der Waals surface area contributed by atoms with Gasteiger partial charge < -0.3 is 10.2 Å². The van der Waals surface area contributed by atoms with E-state index in [0.717, 1.165) is 29.8 Å². The minimum atomic E-state index is -1.18. The van der Waals surface area contributed by atoms with Crippen molar-refractivity contribution in [3.8, 4) is 5.75 Å². The van der Waals surface area contributed by atoms with Crippen LogP contribution >= 0.6 is 12.8 Å². The van der Waals surface area contributed by atoms with Crippen LogP contribution in [-0.4, -0.2) is 41.1 Å². The Morgan fingerprint density at radius 3 is 2.35 bits per heavy atom. The summed E-state index contributed by atoms with van der Waals surface area (Å²) in [7, 11) is 2.06. The fraction of sp³-hybridized carbons (Fsp3) is 0.462. The summed E-state index contributed by atoms with van der Waals surface area (Å²) in [5, 5.41) is 22.1. The Morgan fingerprint density at radius 2 is 1.95 bits per heavy atom. The van der Waals surface area contributed by atoms with Gasteiger partial charge in [-0.1, -0.05) is 29.1 Å². The molecular weight excluding hydrogens is 280 g/mol. The molecule has 0 aromatic heterocycles. The number of quaternary nitrogens is 1. The highest BCUT2D eigenvalue weighted by molar-refractivity contribution is 7.74. The number of nitrogens with zero attached hydrogens (tertiary/aromatic N) is 2. The largest absolute Gasteiger partial charge is 0.872 e. The van der Waals surface area contributed by atoms with Crippen molar-refractivity contribution in [1.29, 1.82) is 0 Å². The molecule has 0 aliphatic carbocycles. The average Bonchev–Trinajstić information content (AvgIpc) is 2.40. The third-order valence-corrected chi connectivity index (χ3v) is 3.55. The van der Waals surface area contributed by atoms with Crippen LogP contribution in [0.5, 0.6) is 5.75 Å². The number of aromatic carboxylic acids is 1. The maximum Gasteiger partial charge on any atom is 0.335 e. The molecule has 6 nitrogen and oxygen atoms in total. The Balaban J connectivity index is 0.000000200. The second kappa shape index (κ2) is 7.25. The Bertz CT molecular complexity index is 469. The quantitative estimate of drug-likeness (QED) is 0.493. The molecule has 0 amide bonds. The van der Waals surface area contributed by atoms with Crippen LogP contribution in [0.15, 0.2) is 29.4 Å². The van der Waals surface area contributed by atoms with Crippen molar-refractivity contribution in [2.24, 2.45) is 5.18 Å². The standard InChI is InChI=1S/C7H6O3.C6H13N2OS/c8-6-4-2-1-3-5(6)7(9)10;1-8(10)4-2-6(7-9)3-5-8/h1-4,8H,(H,9,10);6,10H,2-5H2,1H3/q;+1/p-1. The molecule has 0 bridgehead atoms. The molecule has 1 fully saturated rings. The molecule has 0 atom stereocenters. The first-order valence-corrected chi connectivity index (χ1v) is 6.65. The second-order valence-electron chi connectivity index (χ2n) is 4.92. The van der Waals surface area contributed by atoms with Crippen molar-refractivity contribution in [2.75, 3.05) is 20.1 Å². The van der Waals surface area contributed by atoms with Gasteiger partial charge in [-0.25, -0.2) is 4.79 Å². The third-order valence-electron chi connectivity index (χ3n) is 3.15. The van der Waals surface area contributed by atoms with Gasteiger partial charge in [-0.05, 0) is 6.07 Å². The molecule has 1 aliphatic heterocycles. The Morgan fingerprint density at radius 1 is 1.40 bits per heavy atom. The highest BCUT2D eigenvalue weighted by Crippen LogP contribution is 2.20. The smallest absolute Gasteiger partial charge is 0.335 e. The predicted molar refractivity (Wildman–Crippen MR) is 76.6 cm³/mol. The molecule has 1 aromatic rings. The van der Waals surface area contributed by atoms with Crippen LogP contribution in [0.3, 0.4) is 0 Å². The van der Waals surface area contributed by atoms with E-state index < -0.39 is 11.7 Å². The van der Waals surface area contributed by atoms with Crippen LogP contribution in [0.1, 0.15) is 23.2 Å². The van der Waals surface area contributed by atoms with Gasteiger partial charge in [-0.3, -0.25) is 3.89 Å². The number of rotatable bonds is 2. The Labute approximate surface area is 123 Å². The number of hydrogen-bond acceptors (Lipinski definition) is 5. The summed E-state index contributed by atoms with van der Waals surface area (Å²) in [6, 6.07) is 5.59. The zero-order valence-electron chi connectivity index (χ0n) is 11.2. The molecule has 1 N–H and O–H groups in total. The average molecular weight is 298 g/mol. The summed E-state index contributed by atoms with van der Waals surface area (Å²) in [4.78, 5) is 20.3. The summed E-state index contributed by atoms with van der Waals surface area (Å²) in [6.45, 7) is 1.92. The van der Waals surface area contributed by atoms with Gasteiger partial charge in [0, 0.05) is 12.8 Å². The van der Waals surface area contributed by atoms with Crippen molar-refractivity contribution in [2.45, 2.75) is 18.9 Å². The van der Waals surface area contributed by atoms with Crippen molar-refractivity contribution in [1.82, 2.24) is 0 Å². The van der Waals surface area contributed by atoms with Crippen molar-refractivity contribution in [3.05, 3.63) is 34.7 Å². The van der Waals surface area contributed by atoms with E-state index in [2.05, 4.69) is 25.0 Å². The molecule has 110 valence electrons. The fourth-order valence-electron chi connectivity index (χ4n) is 1.86. The van der Waals surface area contributed by atoms with Gasteiger partial charge in [0.1, 0.15) is 6.04 Å². The monoisotopic (exact) mass is 298 g/mol. The molecule has 0 radical (unpaired) electrons. The summed E-state index contributed by atoms with van der Waals surface area (Å²) in [6.07, 6.45) is 1.78. The van der Waals surface area contributed by atoms with Crippen LogP contribution in [0.4, 0.5) is 0 Å². The number of para-hydroxylation sites is 1. The number of carboxylic acids is 1. The molecule has 0 spiro atoms. The molecule has 1 heterocycles. The lowest BCUT2D eigenvalue weighted by molar-refractivity contribution is -0.776. The topological polar surface area (TPSA) is 89.8 Å². The number of thiol groups is 1. The first-order valence-electron chi connectivity index (χ1n) is 6.25. The van der Waals surface area contributed by atoms with Crippen LogP contribution in [0, 0.1) is 4.91 Å². The summed E-state index contributed by atoms with van der Waals surface area (Å²) >= 11 is 4.39. The lowest BCUT2D eigenvalue weighted by Crippen LogP contribution is -2.42. The van der Waals surface area contributed by atoms with E-state index in [9.17, 15) is 14.8 Å². The van der Waals surface area contributed by atoms with E-state index in [1.54, 1.807) is 0 Å². The second-order valence-corrected chi connectivity index (χ2v) is 5.89. The number of nitroso groups, excluding NO2 is 1. The van der Waals surface area contributed by atoms with Gasteiger partial charge in [-0.15, -0.1) is 0 Å². The van der Waals surface area contributed by atoms with Crippen molar-refractivity contribution in [3.63, 3.8) is 0 Å². The van der Waals surface area contributed by atoms with Gasteiger partial charge in [0.2, 0.25) is 0 Å². The number of benzene rings is 1. The number of likely N-dealkylation sites (tertiary alicyclic amines) is 1. The first kappa shape index (κ1) is 16.5. The maximum atomic E-state index is 10.7. The molecule has 2 rings (SSSR count). The highest BCUT2D eigenvalue weighted by Gasteiger charge is 2.27.